The molecule has 0 heterocycles. The highest BCUT2D eigenvalue weighted by atomic mass is 32.2. The molecule has 4 nitrogen and oxygen atoms in total. The molecule has 0 spiro atoms. The third kappa shape index (κ3) is 3.63. The van der Waals surface area contributed by atoms with Gasteiger partial charge in [0.1, 0.15) is 0 Å². The first-order valence-corrected chi connectivity index (χ1v) is 9.46. The molecule has 0 saturated heterocycles. The standard InChI is InChI=1S/C18H22N2O2S/c19-13-16-7-4-8-18(16)20-23(21,22)17-11-9-15(10-12-17)14-5-2-1-3-6-14/h1-3,5-6,9-12,16,18,20H,4,7-8,13,19H2. The Hall–Kier alpha value is -1.69. The summed E-state index contributed by atoms with van der Waals surface area (Å²) in [6.45, 7) is 0.528. The quantitative estimate of drug-likeness (QED) is 0.885. The molecular weight excluding hydrogens is 308 g/mol. The topological polar surface area (TPSA) is 72.2 Å². The van der Waals surface area contributed by atoms with Crippen LogP contribution in [0, 0.1) is 5.92 Å². The summed E-state index contributed by atoms with van der Waals surface area (Å²) in [5.74, 6) is 0.244. The van der Waals surface area contributed by atoms with E-state index in [2.05, 4.69) is 4.72 Å². The van der Waals surface area contributed by atoms with Crippen LogP contribution >= 0.6 is 0 Å². The van der Waals surface area contributed by atoms with Crippen LogP contribution in [0.25, 0.3) is 11.1 Å². The molecule has 2 atom stereocenters. The molecule has 2 aromatic rings. The van der Waals surface area contributed by atoms with Gasteiger partial charge in [-0.2, -0.15) is 0 Å². The van der Waals surface area contributed by atoms with Gasteiger partial charge in [-0.3, -0.25) is 0 Å². The van der Waals surface area contributed by atoms with E-state index >= 15 is 0 Å². The van der Waals surface area contributed by atoms with E-state index in [1.165, 1.54) is 0 Å². The smallest absolute Gasteiger partial charge is 0.240 e. The molecule has 0 amide bonds. The Kier molecular flexibility index (Phi) is 4.80. The number of hydrogen-bond acceptors (Lipinski definition) is 3. The van der Waals surface area contributed by atoms with Crippen LogP contribution in [0.5, 0.6) is 0 Å². The highest BCUT2D eigenvalue weighted by Gasteiger charge is 2.30. The zero-order valence-electron chi connectivity index (χ0n) is 13.0. The van der Waals surface area contributed by atoms with Gasteiger partial charge in [-0.1, -0.05) is 48.9 Å². The number of hydrogen-bond donors (Lipinski definition) is 2. The fraction of sp³-hybridized carbons (Fsp3) is 0.333. The molecule has 122 valence electrons. The van der Waals surface area contributed by atoms with E-state index in [0.29, 0.717) is 11.4 Å². The van der Waals surface area contributed by atoms with Crippen LogP contribution in [-0.2, 0) is 10.0 Å². The van der Waals surface area contributed by atoms with Crippen molar-refractivity contribution in [3.8, 4) is 11.1 Å². The van der Waals surface area contributed by atoms with Crippen molar-refractivity contribution in [1.29, 1.82) is 0 Å². The summed E-state index contributed by atoms with van der Waals surface area (Å²) in [7, 11) is -3.49. The molecule has 2 aromatic carbocycles. The lowest BCUT2D eigenvalue weighted by Crippen LogP contribution is -2.39. The molecule has 0 radical (unpaired) electrons. The van der Waals surface area contributed by atoms with Crippen molar-refractivity contribution in [2.45, 2.75) is 30.2 Å². The lowest BCUT2D eigenvalue weighted by Gasteiger charge is -2.19. The second-order valence-corrected chi connectivity index (χ2v) is 7.76. The van der Waals surface area contributed by atoms with E-state index in [0.717, 1.165) is 30.4 Å². The van der Waals surface area contributed by atoms with Gasteiger partial charge in [0, 0.05) is 6.04 Å². The van der Waals surface area contributed by atoms with Crippen molar-refractivity contribution < 1.29 is 8.42 Å². The zero-order valence-corrected chi connectivity index (χ0v) is 13.8. The highest BCUT2D eigenvalue weighted by molar-refractivity contribution is 7.89. The molecular formula is C18H22N2O2S. The number of nitrogens with two attached hydrogens (primary N) is 1. The summed E-state index contributed by atoms with van der Waals surface area (Å²) < 4.78 is 27.9. The second-order valence-electron chi connectivity index (χ2n) is 6.04. The maximum absolute atomic E-state index is 12.5. The van der Waals surface area contributed by atoms with Crippen molar-refractivity contribution in [2.24, 2.45) is 11.7 Å². The van der Waals surface area contributed by atoms with Gasteiger partial charge >= 0.3 is 0 Å². The van der Waals surface area contributed by atoms with Crippen LogP contribution in [-0.4, -0.2) is 21.0 Å². The third-order valence-electron chi connectivity index (χ3n) is 4.54. The van der Waals surface area contributed by atoms with Gasteiger partial charge in [-0.05, 0) is 48.6 Å². The Bertz CT molecular complexity index is 742. The summed E-state index contributed by atoms with van der Waals surface area (Å²) in [5.41, 5.74) is 7.81. The first-order valence-electron chi connectivity index (χ1n) is 7.98. The fourth-order valence-corrected chi connectivity index (χ4v) is 4.54. The minimum Gasteiger partial charge on any atom is -0.330 e. The maximum Gasteiger partial charge on any atom is 0.240 e. The molecule has 3 N–H and O–H groups in total. The number of nitrogens with one attached hydrogen (secondary N) is 1. The monoisotopic (exact) mass is 330 g/mol. The van der Waals surface area contributed by atoms with E-state index in [1.807, 2.05) is 42.5 Å². The molecule has 1 fully saturated rings. The Balaban J connectivity index is 1.78. The average molecular weight is 330 g/mol. The van der Waals surface area contributed by atoms with Crippen molar-refractivity contribution >= 4 is 10.0 Å². The summed E-state index contributed by atoms with van der Waals surface area (Å²) in [5, 5.41) is 0. The van der Waals surface area contributed by atoms with Crippen LogP contribution in [0.15, 0.2) is 59.5 Å². The van der Waals surface area contributed by atoms with Gasteiger partial charge < -0.3 is 5.73 Å². The predicted octanol–water partition coefficient (Wildman–Crippen LogP) is 2.76. The first-order chi connectivity index (χ1) is 11.1. The third-order valence-corrected chi connectivity index (χ3v) is 6.05. The summed E-state index contributed by atoms with van der Waals surface area (Å²) in [4.78, 5) is 0.305. The maximum atomic E-state index is 12.5. The van der Waals surface area contributed by atoms with Crippen LogP contribution in [0.2, 0.25) is 0 Å². The molecule has 1 aliphatic rings. The number of rotatable bonds is 5. The molecule has 3 rings (SSSR count). The molecule has 23 heavy (non-hydrogen) atoms. The Morgan fingerprint density at radius 2 is 1.61 bits per heavy atom. The average Bonchev–Trinajstić information content (AvgIpc) is 3.02. The molecule has 2 unspecified atom stereocenters. The molecule has 0 bridgehead atoms. The summed E-state index contributed by atoms with van der Waals surface area (Å²) in [6, 6.07) is 16.9. The Labute approximate surface area is 137 Å². The molecule has 1 saturated carbocycles. The SMILES string of the molecule is NCC1CCCC1NS(=O)(=O)c1ccc(-c2ccccc2)cc1. The van der Waals surface area contributed by atoms with Gasteiger partial charge in [0.25, 0.3) is 0 Å². The fourth-order valence-electron chi connectivity index (χ4n) is 3.20. The lowest BCUT2D eigenvalue weighted by atomic mass is 10.1. The van der Waals surface area contributed by atoms with Gasteiger partial charge in [0.2, 0.25) is 10.0 Å². The van der Waals surface area contributed by atoms with Gasteiger partial charge in [-0.25, -0.2) is 13.1 Å². The van der Waals surface area contributed by atoms with Crippen molar-refractivity contribution in [2.75, 3.05) is 6.54 Å². The number of sulfonamides is 1. The normalized spacial score (nSPS) is 21.4. The molecule has 0 aromatic heterocycles. The van der Waals surface area contributed by atoms with E-state index in [-0.39, 0.29) is 12.0 Å². The van der Waals surface area contributed by atoms with Gasteiger partial charge in [0.05, 0.1) is 4.90 Å². The van der Waals surface area contributed by atoms with Crippen LogP contribution in [0.4, 0.5) is 0 Å². The van der Waals surface area contributed by atoms with Gasteiger partial charge in [0.15, 0.2) is 0 Å². The first kappa shape index (κ1) is 16.2. The second kappa shape index (κ2) is 6.83. The minimum atomic E-state index is -3.49. The zero-order chi connectivity index (χ0) is 16.3. The van der Waals surface area contributed by atoms with E-state index in [1.54, 1.807) is 12.1 Å². The van der Waals surface area contributed by atoms with E-state index < -0.39 is 10.0 Å². The molecule has 1 aliphatic carbocycles. The molecule has 0 aliphatic heterocycles. The largest absolute Gasteiger partial charge is 0.330 e. The summed E-state index contributed by atoms with van der Waals surface area (Å²) >= 11 is 0. The molecule has 5 heteroatoms. The van der Waals surface area contributed by atoms with Crippen LogP contribution in [0.1, 0.15) is 19.3 Å². The Morgan fingerprint density at radius 1 is 0.957 bits per heavy atom. The summed E-state index contributed by atoms with van der Waals surface area (Å²) in [6.07, 6.45) is 2.89. The lowest BCUT2D eigenvalue weighted by molar-refractivity contribution is 0.453. The van der Waals surface area contributed by atoms with Crippen molar-refractivity contribution in [3.63, 3.8) is 0 Å². The minimum absolute atomic E-state index is 0.0428. The van der Waals surface area contributed by atoms with Crippen LogP contribution < -0.4 is 10.5 Å². The van der Waals surface area contributed by atoms with E-state index in [9.17, 15) is 8.42 Å². The van der Waals surface area contributed by atoms with E-state index in [4.69, 9.17) is 5.73 Å². The van der Waals surface area contributed by atoms with Crippen molar-refractivity contribution in [3.05, 3.63) is 54.6 Å². The van der Waals surface area contributed by atoms with Crippen LogP contribution in [0.3, 0.4) is 0 Å². The highest BCUT2D eigenvalue weighted by Crippen LogP contribution is 2.27. The van der Waals surface area contributed by atoms with Crippen molar-refractivity contribution in [1.82, 2.24) is 4.72 Å². The predicted molar refractivity (Wildman–Crippen MR) is 92.4 cm³/mol. The Morgan fingerprint density at radius 3 is 2.26 bits per heavy atom. The number of benzene rings is 2. The van der Waals surface area contributed by atoms with Gasteiger partial charge in [-0.15, -0.1) is 0 Å².